The van der Waals surface area contributed by atoms with Crippen LogP contribution in [0.5, 0.6) is 0 Å². The Bertz CT molecular complexity index is 1530. The first kappa shape index (κ1) is 19.6. The largest absolute Gasteiger partial charge is 0.372 e. The first-order valence-electron chi connectivity index (χ1n) is 12.7. The molecular formula is C34H26O. The van der Waals surface area contributed by atoms with E-state index in [1.165, 1.54) is 61.3 Å². The molecule has 0 amide bonds. The van der Waals surface area contributed by atoms with E-state index in [0.717, 1.165) is 6.42 Å². The smallest absolute Gasteiger partial charge is 0.0724 e. The summed E-state index contributed by atoms with van der Waals surface area (Å²) in [6, 6.07) is 6.73. The van der Waals surface area contributed by atoms with Crippen molar-refractivity contribution >= 4 is 6.08 Å². The molecule has 0 fully saturated rings. The zero-order valence-corrected chi connectivity index (χ0v) is 19.6. The van der Waals surface area contributed by atoms with Gasteiger partial charge in [-0.1, -0.05) is 103 Å². The molecule has 3 atom stereocenters. The van der Waals surface area contributed by atoms with Gasteiger partial charge in [0.1, 0.15) is 0 Å². The van der Waals surface area contributed by atoms with Crippen molar-refractivity contribution in [3.63, 3.8) is 0 Å². The third-order valence-electron chi connectivity index (χ3n) is 8.62. The average Bonchev–Trinajstić information content (AvgIpc) is 2.91. The lowest BCUT2D eigenvalue weighted by Crippen LogP contribution is -2.29. The number of hydrogen-bond acceptors (Lipinski definition) is 1. The lowest BCUT2D eigenvalue weighted by Gasteiger charge is -2.40. The van der Waals surface area contributed by atoms with Gasteiger partial charge in [-0.05, 0) is 67.7 Å². The normalized spacial score (nSPS) is 27.8. The molecule has 1 aromatic carbocycles. The fourth-order valence-electron chi connectivity index (χ4n) is 7.00. The predicted octanol–water partition coefficient (Wildman–Crippen LogP) is 7.19. The number of hydrogen-bond donors (Lipinski definition) is 0. The molecule has 0 saturated heterocycles. The topological polar surface area (TPSA) is 9.23 Å². The standard InChI is InChI=1S/C34H26O/c1-3-21-7-9-25-11-13-27(29-17-15-23(5-1)31(21)33(25)29)19-35-20-28-14-12-26-10-8-22-4-2-6-24-16-18-30(28)34(26)32(22)24/h1-15,17-18,31,33-34H,16,19-20H2. The summed E-state index contributed by atoms with van der Waals surface area (Å²) in [6.45, 7) is 1.30. The van der Waals surface area contributed by atoms with Crippen molar-refractivity contribution in [1.29, 1.82) is 0 Å². The minimum atomic E-state index is 0.367. The maximum atomic E-state index is 6.44. The van der Waals surface area contributed by atoms with Crippen LogP contribution >= 0.6 is 0 Å². The van der Waals surface area contributed by atoms with E-state index in [4.69, 9.17) is 4.74 Å². The molecule has 8 rings (SSSR count). The lowest BCUT2D eigenvalue weighted by atomic mass is 9.63. The van der Waals surface area contributed by atoms with Crippen LogP contribution in [-0.4, -0.2) is 13.2 Å². The van der Waals surface area contributed by atoms with Gasteiger partial charge in [-0.3, -0.25) is 0 Å². The Labute approximate surface area is 206 Å². The fraction of sp³-hybridized carbons (Fsp3) is 0.176. The maximum absolute atomic E-state index is 6.44. The van der Waals surface area contributed by atoms with Crippen LogP contribution in [-0.2, 0) is 11.2 Å². The van der Waals surface area contributed by atoms with E-state index < -0.39 is 0 Å². The van der Waals surface area contributed by atoms with E-state index in [1.54, 1.807) is 0 Å². The summed E-state index contributed by atoms with van der Waals surface area (Å²) < 4.78 is 6.44. The third kappa shape index (κ3) is 2.85. The predicted molar refractivity (Wildman–Crippen MR) is 143 cm³/mol. The van der Waals surface area contributed by atoms with Gasteiger partial charge in [0.2, 0.25) is 0 Å². The summed E-state index contributed by atoms with van der Waals surface area (Å²) in [4.78, 5) is 0. The molecule has 35 heavy (non-hydrogen) atoms. The minimum Gasteiger partial charge on any atom is -0.372 e. The van der Waals surface area contributed by atoms with Crippen molar-refractivity contribution in [1.82, 2.24) is 0 Å². The summed E-state index contributed by atoms with van der Waals surface area (Å²) in [5.41, 5.74) is 15.5. The molecule has 0 aliphatic heterocycles. The molecule has 0 N–H and O–H groups in total. The van der Waals surface area contributed by atoms with Crippen molar-refractivity contribution in [3.05, 3.63) is 158 Å². The van der Waals surface area contributed by atoms with Gasteiger partial charge in [-0.25, -0.2) is 0 Å². The summed E-state index contributed by atoms with van der Waals surface area (Å²) >= 11 is 0. The molecule has 1 heteroatoms. The van der Waals surface area contributed by atoms with Gasteiger partial charge in [0.05, 0.1) is 13.2 Å². The van der Waals surface area contributed by atoms with Crippen LogP contribution in [0, 0.1) is 11.8 Å². The highest BCUT2D eigenvalue weighted by atomic mass is 16.5. The second kappa shape index (κ2) is 7.41. The van der Waals surface area contributed by atoms with Gasteiger partial charge in [-0.2, -0.15) is 0 Å². The van der Waals surface area contributed by atoms with E-state index in [2.05, 4.69) is 103 Å². The van der Waals surface area contributed by atoms with E-state index in [-0.39, 0.29) is 0 Å². The highest BCUT2D eigenvalue weighted by Crippen LogP contribution is 2.50. The van der Waals surface area contributed by atoms with Gasteiger partial charge in [0.25, 0.3) is 0 Å². The van der Waals surface area contributed by atoms with Crippen molar-refractivity contribution in [2.75, 3.05) is 13.2 Å². The van der Waals surface area contributed by atoms with Crippen molar-refractivity contribution in [2.45, 2.75) is 12.3 Å². The van der Waals surface area contributed by atoms with E-state index in [1.807, 2.05) is 0 Å². The molecule has 0 spiro atoms. The van der Waals surface area contributed by atoms with Gasteiger partial charge in [0.15, 0.2) is 0 Å². The SMILES string of the molecule is C1=CC2=CC=C3C=CC(COCC4=CC=C5C=Cc6cccc7c6C5C4=CC7)=C4C=CC(=C1)C2C34. The third-order valence-corrected chi connectivity index (χ3v) is 8.62. The zero-order chi connectivity index (χ0) is 22.9. The van der Waals surface area contributed by atoms with Gasteiger partial charge >= 0.3 is 0 Å². The molecule has 7 aliphatic rings. The van der Waals surface area contributed by atoms with Crippen LogP contribution in [0.1, 0.15) is 22.6 Å². The highest BCUT2D eigenvalue weighted by molar-refractivity contribution is 5.73. The number of ether oxygens (including phenoxy) is 1. The number of rotatable bonds is 4. The Morgan fingerprint density at radius 1 is 0.714 bits per heavy atom. The van der Waals surface area contributed by atoms with Crippen molar-refractivity contribution in [3.8, 4) is 0 Å². The molecule has 1 aromatic rings. The quantitative estimate of drug-likeness (QED) is 0.472. The Hall–Kier alpha value is -3.68. The van der Waals surface area contributed by atoms with Crippen LogP contribution in [0.25, 0.3) is 6.08 Å². The summed E-state index contributed by atoms with van der Waals surface area (Å²) in [5, 5.41) is 0. The first-order valence-corrected chi connectivity index (χ1v) is 12.7. The lowest BCUT2D eigenvalue weighted by molar-refractivity contribution is 0.181. The number of benzene rings is 1. The van der Waals surface area contributed by atoms with Gasteiger partial charge < -0.3 is 4.74 Å². The molecule has 0 saturated carbocycles. The Kier molecular flexibility index (Phi) is 4.15. The fourth-order valence-corrected chi connectivity index (χ4v) is 7.00. The van der Waals surface area contributed by atoms with Gasteiger partial charge in [0, 0.05) is 17.8 Å². The summed E-state index contributed by atoms with van der Waals surface area (Å²) in [7, 11) is 0. The van der Waals surface area contributed by atoms with Crippen molar-refractivity contribution < 1.29 is 4.74 Å². The average molecular weight is 451 g/mol. The van der Waals surface area contributed by atoms with Crippen LogP contribution < -0.4 is 0 Å². The second-order valence-electron chi connectivity index (χ2n) is 10.4. The van der Waals surface area contributed by atoms with E-state index in [9.17, 15) is 0 Å². The number of allylic oxidation sites excluding steroid dienone is 17. The van der Waals surface area contributed by atoms with Crippen LogP contribution in [0.2, 0.25) is 0 Å². The minimum absolute atomic E-state index is 0.367. The Morgan fingerprint density at radius 2 is 1.54 bits per heavy atom. The molecule has 0 heterocycles. The summed E-state index contributed by atoms with van der Waals surface area (Å²) in [6.07, 6.45) is 33.1. The molecule has 7 aliphatic carbocycles. The molecule has 0 bridgehead atoms. The summed E-state index contributed by atoms with van der Waals surface area (Å²) in [5.74, 6) is 1.24. The van der Waals surface area contributed by atoms with Crippen molar-refractivity contribution in [2.24, 2.45) is 11.8 Å². The molecule has 3 unspecified atom stereocenters. The van der Waals surface area contributed by atoms with E-state index >= 15 is 0 Å². The molecular weight excluding hydrogens is 424 g/mol. The molecule has 0 radical (unpaired) electrons. The molecule has 0 aromatic heterocycles. The first-order chi connectivity index (χ1) is 17.3. The zero-order valence-electron chi connectivity index (χ0n) is 19.6. The highest BCUT2D eigenvalue weighted by Gasteiger charge is 2.38. The van der Waals surface area contributed by atoms with Crippen LogP contribution in [0.4, 0.5) is 0 Å². The van der Waals surface area contributed by atoms with Crippen LogP contribution in [0.15, 0.2) is 142 Å². The maximum Gasteiger partial charge on any atom is 0.0724 e. The second-order valence-corrected chi connectivity index (χ2v) is 10.4. The van der Waals surface area contributed by atoms with Gasteiger partial charge in [-0.15, -0.1) is 0 Å². The van der Waals surface area contributed by atoms with Crippen LogP contribution in [0.3, 0.4) is 0 Å². The molecule has 168 valence electrons. The van der Waals surface area contributed by atoms with E-state index in [0.29, 0.717) is 31.0 Å². The molecule has 1 nitrogen and oxygen atoms in total. The Morgan fingerprint density at radius 3 is 2.51 bits per heavy atom. The Balaban J connectivity index is 1.06. The monoisotopic (exact) mass is 450 g/mol.